The lowest BCUT2D eigenvalue weighted by atomic mass is 10.0. The van der Waals surface area contributed by atoms with Crippen molar-refractivity contribution in [2.45, 2.75) is 71.1 Å². The van der Waals surface area contributed by atoms with E-state index in [1.54, 1.807) is 31.3 Å². The predicted octanol–water partition coefficient (Wildman–Crippen LogP) is 9.22. The van der Waals surface area contributed by atoms with Crippen molar-refractivity contribution in [3.05, 3.63) is 63.6 Å². The summed E-state index contributed by atoms with van der Waals surface area (Å²) in [5, 5.41) is 18.2. The Hall–Kier alpha value is -2.96. The Kier molecular flexibility index (Phi) is 12.2. The number of fused-ring (bicyclic) bond motifs is 1. The number of hydrogen-bond donors (Lipinski definition) is 3. The molecule has 3 aromatic carbocycles. The Bertz CT molecular complexity index is 1280. The Balaban J connectivity index is 1.56. The van der Waals surface area contributed by atoms with E-state index >= 15 is 0 Å². The molecule has 0 unspecified atom stereocenters. The zero-order chi connectivity index (χ0) is 28.2. The first-order chi connectivity index (χ1) is 18.9. The van der Waals surface area contributed by atoms with Crippen molar-refractivity contribution < 1.29 is 19.4 Å². The quantitative estimate of drug-likeness (QED) is 0.125. The van der Waals surface area contributed by atoms with Gasteiger partial charge in [-0.3, -0.25) is 4.79 Å². The zero-order valence-corrected chi connectivity index (χ0v) is 24.3. The van der Waals surface area contributed by atoms with Crippen LogP contribution in [0.2, 0.25) is 10.0 Å². The fraction of sp³-hybridized carbons (Fsp3) is 0.419. The number of aromatic hydroxyl groups is 1. The predicted molar refractivity (Wildman–Crippen MR) is 162 cm³/mol. The Morgan fingerprint density at radius 1 is 0.795 bits per heavy atom. The Morgan fingerprint density at radius 2 is 1.46 bits per heavy atom. The smallest absolute Gasteiger partial charge is 0.339 e. The number of nitrogens with one attached hydrogen (secondary N) is 2. The van der Waals surface area contributed by atoms with Crippen molar-refractivity contribution in [1.82, 2.24) is 0 Å². The summed E-state index contributed by atoms with van der Waals surface area (Å²) in [6, 6.07) is 11.5. The van der Waals surface area contributed by atoms with Gasteiger partial charge in [-0.1, -0.05) is 106 Å². The molecule has 0 bridgehead atoms. The van der Waals surface area contributed by atoms with E-state index < -0.39 is 11.9 Å². The van der Waals surface area contributed by atoms with Gasteiger partial charge in [-0.15, -0.1) is 0 Å². The number of ether oxygens (including phenoxy) is 1. The molecular weight excluding hydrogens is 535 g/mol. The van der Waals surface area contributed by atoms with E-state index in [4.69, 9.17) is 27.9 Å². The SMILES string of the molecule is CCCCCCCCCCCCOC(=O)c1cc(NC(=O)c2ccc3c(NC)cccc3c2O)c(Cl)cc1Cl. The number of carbonyl (C=O) groups is 2. The van der Waals surface area contributed by atoms with Crippen molar-refractivity contribution >= 4 is 57.2 Å². The number of hydrogen-bond acceptors (Lipinski definition) is 5. The van der Waals surface area contributed by atoms with Crippen LogP contribution in [-0.4, -0.2) is 30.6 Å². The first-order valence-corrected chi connectivity index (χ1v) is 14.5. The summed E-state index contributed by atoms with van der Waals surface area (Å²) in [7, 11) is 1.79. The van der Waals surface area contributed by atoms with Crippen molar-refractivity contribution in [2.75, 3.05) is 24.3 Å². The van der Waals surface area contributed by atoms with Gasteiger partial charge in [-0.05, 0) is 30.7 Å². The van der Waals surface area contributed by atoms with Gasteiger partial charge in [-0.25, -0.2) is 4.79 Å². The van der Waals surface area contributed by atoms with Gasteiger partial charge in [0, 0.05) is 23.5 Å². The van der Waals surface area contributed by atoms with Crippen molar-refractivity contribution in [3.63, 3.8) is 0 Å². The van der Waals surface area contributed by atoms with Crippen LogP contribution < -0.4 is 10.6 Å². The van der Waals surface area contributed by atoms with Crippen LogP contribution in [0.15, 0.2) is 42.5 Å². The average Bonchev–Trinajstić information content (AvgIpc) is 2.93. The molecule has 0 aromatic heterocycles. The van der Waals surface area contributed by atoms with Crippen molar-refractivity contribution in [2.24, 2.45) is 0 Å². The van der Waals surface area contributed by atoms with Crippen LogP contribution in [0.4, 0.5) is 11.4 Å². The summed E-state index contributed by atoms with van der Waals surface area (Å²) >= 11 is 12.6. The van der Waals surface area contributed by atoms with Crippen LogP contribution in [0.5, 0.6) is 5.75 Å². The second-order valence-corrected chi connectivity index (χ2v) is 10.5. The molecule has 3 aromatic rings. The molecule has 0 aliphatic carbocycles. The van der Waals surface area contributed by atoms with Gasteiger partial charge in [0.15, 0.2) is 0 Å². The lowest BCUT2D eigenvalue weighted by Crippen LogP contribution is -2.14. The molecule has 210 valence electrons. The third-order valence-corrected chi connectivity index (χ3v) is 7.43. The third-order valence-electron chi connectivity index (χ3n) is 6.80. The van der Waals surface area contributed by atoms with Gasteiger partial charge < -0.3 is 20.5 Å². The molecule has 39 heavy (non-hydrogen) atoms. The monoisotopic (exact) mass is 572 g/mol. The molecule has 0 fully saturated rings. The summed E-state index contributed by atoms with van der Waals surface area (Å²) in [5.74, 6) is -1.29. The first kappa shape index (κ1) is 30.6. The number of amides is 1. The number of esters is 1. The number of rotatable bonds is 15. The van der Waals surface area contributed by atoms with Gasteiger partial charge in [0.25, 0.3) is 5.91 Å². The molecule has 0 radical (unpaired) electrons. The summed E-state index contributed by atoms with van der Waals surface area (Å²) in [6.07, 6.45) is 11.9. The maximum Gasteiger partial charge on any atom is 0.339 e. The highest BCUT2D eigenvalue weighted by Crippen LogP contribution is 2.35. The lowest BCUT2D eigenvalue weighted by Gasteiger charge is -2.13. The maximum absolute atomic E-state index is 13.0. The number of carbonyl (C=O) groups excluding carboxylic acids is 2. The molecule has 0 aliphatic heterocycles. The molecule has 0 spiro atoms. The molecule has 0 saturated heterocycles. The highest BCUT2D eigenvalue weighted by Gasteiger charge is 2.20. The largest absolute Gasteiger partial charge is 0.506 e. The minimum atomic E-state index is -0.573. The number of anilines is 2. The molecule has 8 heteroatoms. The second-order valence-electron chi connectivity index (χ2n) is 9.70. The summed E-state index contributed by atoms with van der Waals surface area (Å²) in [5.41, 5.74) is 1.22. The molecule has 1 amide bonds. The number of benzene rings is 3. The second kappa shape index (κ2) is 15.6. The fourth-order valence-electron chi connectivity index (χ4n) is 4.57. The topological polar surface area (TPSA) is 87.7 Å². The Morgan fingerprint density at radius 3 is 2.13 bits per heavy atom. The van der Waals surface area contributed by atoms with Gasteiger partial charge in [0.05, 0.1) is 33.5 Å². The zero-order valence-electron chi connectivity index (χ0n) is 22.7. The van der Waals surface area contributed by atoms with Crippen molar-refractivity contribution in [3.8, 4) is 5.75 Å². The molecule has 3 rings (SSSR count). The molecule has 0 aliphatic rings. The number of unbranched alkanes of at least 4 members (excludes halogenated alkanes) is 9. The lowest BCUT2D eigenvalue weighted by molar-refractivity contribution is 0.0497. The number of phenols is 1. The van der Waals surface area contributed by atoms with Crippen LogP contribution in [0, 0.1) is 0 Å². The summed E-state index contributed by atoms with van der Waals surface area (Å²) in [6.45, 7) is 2.53. The summed E-state index contributed by atoms with van der Waals surface area (Å²) in [4.78, 5) is 25.7. The number of halogens is 2. The van der Waals surface area contributed by atoms with E-state index in [0.717, 1.165) is 30.3 Å². The van der Waals surface area contributed by atoms with Gasteiger partial charge in [0.1, 0.15) is 5.75 Å². The highest BCUT2D eigenvalue weighted by atomic mass is 35.5. The minimum absolute atomic E-state index is 0.0758. The molecular formula is C31H38Cl2N2O4. The number of phenolic OH excluding ortho intramolecular Hbond substituents is 1. The van der Waals surface area contributed by atoms with E-state index in [-0.39, 0.29) is 32.6 Å². The van der Waals surface area contributed by atoms with Crippen molar-refractivity contribution in [1.29, 1.82) is 0 Å². The average molecular weight is 574 g/mol. The third kappa shape index (κ3) is 8.51. The van der Waals surface area contributed by atoms with E-state index in [9.17, 15) is 14.7 Å². The van der Waals surface area contributed by atoms with Crippen LogP contribution >= 0.6 is 23.2 Å². The van der Waals surface area contributed by atoms with E-state index in [0.29, 0.717) is 12.0 Å². The first-order valence-electron chi connectivity index (χ1n) is 13.8. The molecule has 0 heterocycles. The van der Waals surface area contributed by atoms with Crippen LogP contribution in [0.1, 0.15) is 91.8 Å². The van der Waals surface area contributed by atoms with Gasteiger partial charge >= 0.3 is 5.97 Å². The molecule has 3 N–H and O–H groups in total. The minimum Gasteiger partial charge on any atom is -0.506 e. The fourth-order valence-corrected chi connectivity index (χ4v) is 5.07. The van der Waals surface area contributed by atoms with Gasteiger partial charge in [0.2, 0.25) is 0 Å². The van der Waals surface area contributed by atoms with Crippen LogP contribution in [-0.2, 0) is 4.74 Å². The maximum atomic E-state index is 13.0. The Labute approximate surface area is 241 Å². The molecule has 0 saturated carbocycles. The highest BCUT2D eigenvalue weighted by molar-refractivity contribution is 6.38. The van der Waals surface area contributed by atoms with Crippen LogP contribution in [0.25, 0.3) is 10.8 Å². The normalized spacial score (nSPS) is 11.0. The van der Waals surface area contributed by atoms with E-state index in [2.05, 4.69) is 17.6 Å². The molecule has 0 atom stereocenters. The molecule has 6 nitrogen and oxygen atoms in total. The van der Waals surface area contributed by atoms with Crippen LogP contribution in [0.3, 0.4) is 0 Å². The van der Waals surface area contributed by atoms with E-state index in [1.807, 2.05) is 6.07 Å². The summed E-state index contributed by atoms with van der Waals surface area (Å²) < 4.78 is 5.43. The van der Waals surface area contributed by atoms with Gasteiger partial charge in [-0.2, -0.15) is 0 Å². The standard InChI is InChI=1S/C31H38Cl2N2O4/c1-3-4-5-6-7-8-9-10-11-12-18-39-31(38)24-19-28(26(33)20-25(24)32)35-30(37)23-17-16-21-22(29(23)36)14-13-15-27(21)34-2/h13-17,19-20,34,36H,3-12,18H2,1-2H3,(H,35,37). The van der Waals surface area contributed by atoms with E-state index in [1.165, 1.54) is 57.1 Å².